The highest BCUT2D eigenvalue weighted by atomic mass is 19.1. The van der Waals surface area contributed by atoms with Crippen LogP contribution in [-0.2, 0) is 11.2 Å². The van der Waals surface area contributed by atoms with E-state index in [2.05, 4.69) is 4.74 Å². The molecule has 5 heteroatoms. The van der Waals surface area contributed by atoms with Crippen molar-refractivity contribution in [2.24, 2.45) is 0 Å². The molecule has 0 radical (unpaired) electrons. The molecule has 0 aliphatic heterocycles. The van der Waals surface area contributed by atoms with Gasteiger partial charge in [-0.3, -0.25) is 0 Å². The summed E-state index contributed by atoms with van der Waals surface area (Å²) in [4.78, 5) is 10.1. The maximum Gasteiger partial charge on any atom is 0.172 e. The Hall–Kier alpha value is -1.78. The molecule has 0 saturated heterocycles. The van der Waals surface area contributed by atoms with Crippen LogP contribution in [0.15, 0.2) is 6.07 Å². The van der Waals surface area contributed by atoms with Crippen LogP contribution >= 0.6 is 0 Å². The Labute approximate surface area is 85.9 Å². The third kappa shape index (κ3) is 2.18. The van der Waals surface area contributed by atoms with Gasteiger partial charge < -0.3 is 19.7 Å². The summed E-state index contributed by atoms with van der Waals surface area (Å²) in [5.41, 5.74) is -0.112. The summed E-state index contributed by atoms with van der Waals surface area (Å²) in [6.07, 6.45) is 0.693. The molecule has 0 aliphatic carbocycles. The van der Waals surface area contributed by atoms with Gasteiger partial charge in [-0.25, -0.2) is 4.39 Å². The van der Waals surface area contributed by atoms with Crippen molar-refractivity contribution in [3.8, 4) is 17.2 Å². The van der Waals surface area contributed by atoms with Crippen LogP contribution in [0.4, 0.5) is 4.39 Å². The monoisotopic (exact) mass is 214 g/mol. The highest BCUT2D eigenvalue weighted by Gasteiger charge is 2.17. The average Bonchev–Trinajstić information content (AvgIpc) is 2.23. The predicted molar refractivity (Wildman–Crippen MR) is 50.7 cm³/mol. The number of carbonyl (C=O) groups is 1. The lowest BCUT2D eigenvalue weighted by molar-refractivity contribution is -0.107. The van der Waals surface area contributed by atoms with Crippen molar-refractivity contribution in [3.05, 3.63) is 17.4 Å². The number of halogens is 1. The molecule has 0 aliphatic rings. The van der Waals surface area contributed by atoms with Crippen molar-refractivity contribution in [2.75, 3.05) is 7.11 Å². The predicted octanol–water partition coefficient (Wildman–Crippen LogP) is 1.38. The van der Waals surface area contributed by atoms with E-state index in [0.29, 0.717) is 6.29 Å². The van der Waals surface area contributed by atoms with Crippen LogP contribution in [0, 0.1) is 5.82 Å². The first-order valence-electron chi connectivity index (χ1n) is 4.32. The number of phenolic OH excluding ortho intramolecular Hbond substituents is 2. The summed E-state index contributed by atoms with van der Waals surface area (Å²) in [6.45, 7) is 0. The SMILES string of the molecule is COc1cc(O)c(O)c(CCC=O)c1F. The van der Waals surface area contributed by atoms with Crippen molar-refractivity contribution in [3.63, 3.8) is 0 Å². The lowest BCUT2D eigenvalue weighted by atomic mass is 10.1. The number of hydrogen-bond acceptors (Lipinski definition) is 4. The molecule has 0 amide bonds. The second kappa shape index (κ2) is 4.63. The Morgan fingerprint density at radius 2 is 2.20 bits per heavy atom. The molecule has 0 unspecified atom stereocenters. The number of rotatable bonds is 4. The first-order chi connectivity index (χ1) is 7.11. The Bertz CT molecular complexity index is 376. The van der Waals surface area contributed by atoms with Crippen molar-refractivity contribution >= 4 is 6.29 Å². The second-order valence-electron chi connectivity index (χ2n) is 2.94. The van der Waals surface area contributed by atoms with Gasteiger partial charge >= 0.3 is 0 Å². The standard InChI is InChI=1S/C10H11FO4/c1-15-8-5-7(13)10(14)6(9(8)11)3-2-4-12/h4-5,13-14H,2-3H2,1H3. The van der Waals surface area contributed by atoms with Gasteiger partial charge in [0, 0.05) is 18.1 Å². The molecule has 1 rings (SSSR count). The molecule has 0 saturated carbocycles. The molecule has 0 fully saturated rings. The van der Waals surface area contributed by atoms with E-state index in [4.69, 9.17) is 0 Å². The molecule has 1 aromatic rings. The highest BCUT2D eigenvalue weighted by molar-refractivity contribution is 5.55. The van der Waals surface area contributed by atoms with E-state index >= 15 is 0 Å². The van der Waals surface area contributed by atoms with Crippen LogP contribution in [-0.4, -0.2) is 23.6 Å². The smallest absolute Gasteiger partial charge is 0.172 e. The van der Waals surface area contributed by atoms with Crippen molar-refractivity contribution in [1.82, 2.24) is 0 Å². The van der Waals surface area contributed by atoms with Crippen LogP contribution in [0.1, 0.15) is 12.0 Å². The topological polar surface area (TPSA) is 66.8 Å². The van der Waals surface area contributed by atoms with Gasteiger partial charge in [0.2, 0.25) is 0 Å². The molecule has 15 heavy (non-hydrogen) atoms. The number of aldehydes is 1. The minimum atomic E-state index is -0.755. The summed E-state index contributed by atoms with van der Waals surface area (Å²) < 4.78 is 18.2. The fourth-order valence-corrected chi connectivity index (χ4v) is 1.24. The van der Waals surface area contributed by atoms with Crippen molar-refractivity contribution in [2.45, 2.75) is 12.8 Å². The molecule has 0 bridgehead atoms. The molecule has 0 heterocycles. The lowest BCUT2D eigenvalue weighted by Gasteiger charge is -2.10. The Balaban J connectivity index is 3.20. The molecule has 0 spiro atoms. The van der Waals surface area contributed by atoms with Gasteiger partial charge in [-0.2, -0.15) is 0 Å². The number of carbonyl (C=O) groups excluding carboxylic acids is 1. The Morgan fingerprint density at radius 3 is 2.73 bits per heavy atom. The largest absolute Gasteiger partial charge is 0.504 e. The molecule has 0 atom stereocenters. The van der Waals surface area contributed by atoms with Crippen LogP contribution < -0.4 is 4.74 Å². The van der Waals surface area contributed by atoms with Gasteiger partial charge in [0.1, 0.15) is 6.29 Å². The van der Waals surface area contributed by atoms with E-state index in [0.717, 1.165) is 6.07 Å². The fourth-order valence-electron chi connectivity index (χ4n) is 1.24. The molecule has 2 N–H and O–H groups in total. The third-order valence-electron chi connectivity index (χ3n) is 2.01. The minimum Gasteiger partial charge on any atom is -0.504 e. The number of ether oxygens (including phenoxy) is 1. The number of phenols is 2. The van der Waals surface area contributed by atoms with E-state index in [1.165, 1.54) is 7.11 Å². The van der Waals surface area contributed by atoms with E-state index in [-0.39, 0.29) is 24.2 Å². The Kier molecular flexibility index (Phi) is 3.49. The van der Waals surface area contributed by atoms with Gasteiger partial charge in [0.15, 0.2) is 23.1 Å². The van der Waals surface area contributed by atoms with Crippen LogP contribution in [0.25, 0.3) is 0 Å². The van der Waals surface area contributed by atoms with E-state index in [1.807, 2.05) is 0 Å². The van der Waals surface area contributed by atoms with Gasteiger partial charge in [-0.05, 0) is 6.42 Å². The molecular weight excluding hydrogens is 203 g/mol. The van der Waals surface area contributed by atoms with E-state index < -0.39 is 17.3 Å². The number of benzene rings is 1. The molecule has 4 nitrogen and oxygen atoms in total. The van der Waals surface area contributed by atoms with Crippen molar-refractivity contribution in [1.29, 1.82) is 0 Å². The van der Waals surface area contributed by atoms with E-state index in [9.17, 15) is 19.4 Å². The zero-order chi connectivity index (χ0) is 11.4. The summed E-state index contributed by atoms with van der Waals surface area (Å²) >= 11 is 0. The first-order valence-corrected chi connectivity index (χ1v) is 4.32. The Morgan fingerprint density at radius 1 is 1.53 bits per heavy atom. The molecule has 1 aromatic carbocycles. The number of methoxy groups -OCH3 is 1. The number of aromatic hydroxyl groups is 2. The average molecular weight is 214 g/mol. The normalized spacial score (nSPS) is 10.0. The van der Waals surface area contributed by atoms with Gasteiger partial charge in [-0.15, -0.1) is 0 Å². The third-order valence-corrected chi connectivity index (χ3v) is 2.01. The summed E-state index contributed by atoms with van der Waals surface area (Å²) in [6, 6.07) is 0.981. The maximum atomic E-state index is 13.5. The second-order valence-corrected chi connectivity index (χ2v) is 2.94. The van der Waals surface area contributed by atoms with Gasteiger partial charge in [-0.1, -0.05) is 0 Å². The molecule has 82 valence electrons. The van der Waals surface area contributed by atoms with Gasteiger partial charge in [0.25, 0.3) is 0 Å². The molecule has 0 aromatic heterocycles. The highest BCUT2D eigenvalue weighted by Crippen LogP contribution is 2.37. The maximum absolute atomic E-state index is 13.5. The van der Waals surface area contributed by atoms with Gasteiger partial charge in [0.05, 0.1) is 7.11 Å². The number of hydrogen-bond donors (Lipinski definition) is 2. The molecular formula is C10H11FO4. The summed E-state index contributed by atoms with van der Waals surface area (Å²) in [5, 5.41) is 18.6. The lowest BCUT2D eigenvalue weighted by Crippen LogP contribution is -1.97. The first kappa shape index (κ1) is 11.3. The van der Waals surface area contributed by atoms with Crippen LogP contribution in [0.3, 0.4) is 0 Å². The summed E-state index contributed by atoms with van der Waals surface area (Å²) in [7, 11) is 1.25. The zero-order valence-electron chi connectivity index (χ0n) is 8.16. The fraction of sp³-hybridized carbons (Fsp3) is 0.300. The van der Waals surface area contributed by atoms with Crippen molar-refractivity contribution < 1.29 is 24.1 Å². The van der Waals surface area contributed by atoms with E-state index in [1.54, 1.807) is 0 Å². The zero-order valence-corrected chi connectivity index (χ0v) is 8.16. The minimum absolute atomic E-state index is 0.0198. The van der Waals surface area contributed by atoms with Crippen LogP contribution in [0.2, 0.25) is 0 Å². The summed E-state index contributed by atoms with van der Waals surface area (Å²) in [5.74, 6) is -1.93. The quantitative estimate of drug-likeness (QED) is 0.587. The van der Waals surface area contributed by atoms with Crippen LogP contribution in [0.5, 0.6) is 17.2 Å².